The maximum absolute atomic E-state index is 10.7. The van der Waals surface area contributed by atoms with Crippen LogP contribution < -0.4 is 5.32 Å². The molecule has 5 nitrogen and oxygen atoms in total. The van der Waals surface area contributed by atoms with Crippen molar-refractivity contribution >= 4 is 23.5 Å². The first kappa shape index (κ1) is 13.1. The lowest BCUT2D eigenvalue weighted by atomic mass is 9.95. The van der Waals surface area contributed by atoms with E-state index in [2.05, 4.69) is 21.8 Å². The van der Waals surface area contributed by atoms with Gasteiger partial charge in [0.15, 0.2) is 5.69 Å². The molecule has 2 rings (SSSR count). The van der Waals surface area contributed by atoms with Gasteiger partial charge >= 0.3 is 5.97 Å². The van der Waals surface area contributed by atoms with Crippen molar-refractivity contribution in [3.8, 4) is 0 Å². The maximum atomic E-state index is 10.7. The first-order valence-corrected chi connectivity index (χ1v) is 7.34. The summed E-state index contributed by atoms with van der Waals surface area (Å²) in [4.78, 5) is 10.7. The number of rotatable bonds is 4. The minimum absolute atomic E-state index is 0.0221. The lowest BCUT2D eigenvalue weighted by Crippen LogP contribution is -2.29. The van der Waals surface area contributed by atoms with Gasteiger partial charge in [-0.25, -0.2) is 4.79 Å². The van der Waals surface area contributed by atoms with Crippen LogP contribution in [0, 0.1) is 0 Å². The summed E-state index contributed by atoms with van der Waals surface area (Å²) in [5.74, 6) is -0.388. The first-order valence-electron chi connectivity index (χ1n) is 6.05. The molecule has 0 aromatic carbocycles. The third kappa shape index (κ3) is 3.35. The average Bonchev–Trinajstić information content (AvgIpc) is 2.39. The van der Waals surface area contributed by atoms with Crippen LogP contribution in [0.15, 0.2) is 12.1 Å². The van der Waals surface area contributed by atoms with Crippen LogP contribution in [-0.4, -0.2) is 38.8 Å². The molecule has 2 atom stereocenters. The van der Waals surface area contributed by atoms with E-state index in [0.717, 1.165) is 12.8 Å². The second-order valence-electron chi connectivity index (χ2n) is 4.47. The molecule has 6 heteroatoms. The summed E-state index contributed by atoms with van der Waals surface area (Å²) >= 11 is 1.91. The molecule has 1 aliphatic rings. The van der Waals surface area contributed by atoms with Crippen LogP contribution in [0.3, 0.4) is 0 Å². The van der Waals surface area contributed by atoms with Gasteiger partial charge in [-0.15, -0.1) is 10.2 Å². The smallest absolute Gasteiger partial charge is 0.356 e. The quantitative estimate of drug-likeness (QED) is 0.871. The zero-order valence-electron chi connectivity index (χ0n) is 10.3. The molecule has 18 heavy (non-hydrogen) atoms. The molecular weight excluding hydrogens is 250 g/mol. The lowest BCUT2D eigenvalue weighted by Gasteiger charge is -2.28. The second-order valence-corrected chi connectivity index (χ2v) is 5.61. The van der Waals surface area contributed by atoms with Crippen molar-refractivity contribution in [3.05, 3.63) is 17.8 Å². The molecule has 0 spiro atoms. The van der Waals surface area contributed by atoms with Gasteiger partial charge in [-0.3, -0.25) is 0 Å². The predicted molar refractivity (Wildman–Crippen MR) is 72.2 cm³/mol. The predicted octanol–water partition coefficient (Wildman–Crippen LogP) is 2.26. The average molecular weight is 267 g/mol. The Morgan fingerprint density at radius 1 is 1.44 bits per heavy atom. The minimum atomic E-state index is -1.05. The largest absolute Gasteiger partial charge is 0.476 e. The van der Waals surface area contributed by atoms with E-state index in [0.29, 0.717) is 17.1 Å². The molecule has 0 amide bonds. The van der Waals surface area contributed by atoms with Gasteiger partial charge < -0.3 is 10.4 Å². The highest BCUT2D eigenvalue weighted by molar-refractivity contribution is 7.99. The van der Waals surface area contributed by atoms with Crippen LogP contribution in [0.5, 0.6) is 0 Å². The van der Waals surface area contributed by atoms with Gasteiger partial charge in [0.05, 0.1) is 0 Å². The summed E-state index contributed by atoms with van der Waals surface area (Å²) in [5.41, 5.74) is -0.0221. The highest BCUT2D eigenvalue weighted by Crippen LogP contribution is 2.28. The number of anilines is 1. The molecule has 1 aromatic rings. The van der Waals surface area contributed by atoms with Gasteiger partial charge in [0, 0.05) is 11.3 Å². The Bertz CT molecular complexity index is 410. The Morgan fingerprint density at radius 2 is 2.28 bits per heavy atom. The van der Waals surface area contributed by atoms with Crippen LogP contribution in [0.2, 0.25) is 0 Å². The molecule has 98 valence electrons. The molecule has 1 fully saturated rings. The fourth-order valence-electron chi connectivity index (χ4n) is 2.22. The van der Waals surface area contributed by atoms with Gasteiger partial charge in [-0.1, -0.05) is 6.42 Å². The maximum Gasteiger partial charge on any atom is 0.356 e. The van der Waals surface area contributed by atoms with E-state index >= 15 is 0 Å². The molecule has 0 bridgehead atoms. The lowest BCUT2D eigenvalue weighted by molar-refractivity contribution is 0.0689. The standard InChI is InChI=1S/C12H17N3O2S/c1-18-9-4-2-3-8(7-9)13-11-6-5-10(12(16)17)14-15-11/h5-6,8-9H,2-4,7H2,1H3,(H,13,15)(H,16,17). The number of carboxylic acids is 1. The summed E-state index contributed by atoms with van der Waals surface area (Å²) < 4.78 is 0. The van der Waals surface area contributed by atoms with Crippen molar-refractivity contribution in [1.29, 1.82) is 0 Å². The van der Waals surface area contributed by atoms with Crippen molar-refractivity contribution < 1.29 is 9.90 Å². The van der Waals surface area contributed by atoms with Crippen molar-refractivity contribution in [2.75, 3.05) is 11.6 Å². The van der Waals surface area contributed by atoms with E-state index in [4.69, 9.17) is 5.11 Å². The number of nitrogens with zero attached hydrogens (tertiary/aromatic N) is 2. The van der Waals surface area contributed by atoms with Gasteiger partial charge in [-0.05, 0) is 37.7 Å². The zero-order valence-corrected chi connectivity index (χ0v) is 11.1. The Labute approximate surface area is 110 Å². The number of thioether (sulfide) groups is 1. The Kier molecular flexibility index (Phi) is 4.41. The van der Waals surface area contributed by atoms with Crippen molar-refractivity contribution in [3.63, 3.8) is 0 Å². The van der Waals surface area contributed by atoms with Gasteiger partial charge in [0.25, 0.3) is 0 Å². The highest BCUT2D eigenvalue weighted by atomic mass is 32.2. The summed E-state index contributed by atoms with van der Waals surface area (Å²) in [6, 6.07) is 3.58. The van der Waals surface area contributed by atoms with Crippen LogP contribution >= 0.6 is 11.8 Å². The number of carboxylic acid groups (broad SMARTS) is 1. The normalized spacial score (nSPS) is 23.6. The number of carbonyl (C=O) groups is 1. The van der Waals surface area contributed by atoms with Gasteiger partial charge in [0.2, 0.25) is 0 Å². The number of hydrogen-bond acceptors (Lipinski definition) is 5. The third-order valence-corrected chi connectivity index (χ3v) is 4.29. The van der Waals surface area contributed by atoms with Crippen LogP contribution in [-0.2, 0) is 0 Å². The summed E-state index contributed by atoms with van der Waals surface area (Å²) in [7, 11) is 0. The highest BCUT2D eigenvalue weighted by Gasteiger charge is 2.21. The molecular formula is C12H17N3O2S. The Morgan fingerprint density at radius 3 is 2.89 bits per heavy atom. The van der Waals surface area contributed by atoms with Gasteiger partial charge in [0.1, 0.15) is 5.82 Å². The molecule has 1 aromatic heterocycles. The second kappa shape index (κ2) is 6.04. The topological polar surface area (TPSA) is 75.1 Å². The number of aromatic carboxylic acids is 1. The van der Waals surface area contributed by atoms with E-state index in [1.165, 1.54) is 18.9 Å². The van der Waals surface area contributed by atoms with Crippen molar-refractivity contribution in [1.82, 2.24) is 10.2 Å². The molecule has 1 heterocycles. The number of aromatic nitrogens is 2. The number of nitrogens with one attached hydrogen (secondary N) is 1. The monoisotopic (exact) mass is 267 g/mol. The first-order chi connectivity index (χ1) is 8.69. The fraction of sp³-hybridized carbons (Fsp3) is 0.583. The summed E-state index contributed by atoms with van der Waals surface area (Å²) in [5, 5.41) is 20.3. The Balaban J connectivity index is 1.94. The molecule has 0 radical (unpaired) electrons. The van der Waals surface area contributed by atoms with Gasteiger partial charge in [-0.2, -0.15) is 11.8 Å². The van der Waals surface area contributed by atoms with E-state index in [9.17, 15) is 4.79 Å². The van der Waals surface area contributed by atoms with E-state index < -0.39 is 5.97 Å². The SMILES string of the molecule is CSC1CCCC(Nc2ccc(C(=O)O)nn2)C1. The van der Waals surface area contributed by atoms with Crippen molar-refractivity contribution in [2.24, 2.45) is 0 Å². The Hall–Kier alpha value is -1.30. The molecule has 0 aliphatic heterocycles. The molecule has 1 saturated carbocycles. The van der Waals surface area contributed by atoms with Crippen LogP contribution in [0.4, 0.5) is 5.82 Å². The van der Waals surface area contributed by atoms with Crippen LogP contribution in [0.25, 0.3) is 0 Å². The molecule has 1 aliphatic carbocycles. The van der Waals surface area contributed by atoms with Crippen molar-refractivity contribution in [2.45, 2.75) is 37.0 Å². The van der Waals surface area contributed by atoms with E-state index in [1.807, 2.05) is 11.8 Å². The van der Waals surface area contributed by atoms with E-state index in [-0.39, 0.29) is 5.69 Å². The molecule has 2 unspecified atom stereocenters. The van der Waals surface area contributed by atoms with E-state index in [1.54, 1.807) is 6.07 Å². The van der Waals surface area contributed by atoms with Crippen LogP contribution in [0.1, 0.15) is 36.2 Å². The third-order valence-electron chi connectivity index (χ3n) is 3.20. The molecule has 2 N–H and O–H groups in total. The number of hydrogen-bond donors (Lipinski definition) is 2. The molecule has 0 saturated heterocycles. The summed E-state index contributed by atoms with van der Waals surface area (Å²) in [6.07, 6.45) is 6.92. The zero-order chi connectivity index (χ0) is 13.0. The minimum Gasteiger partial charge on any atom is -0.476 e. The fourth-order valence-corrected chi connectivity index (χ4v) is 3.05. The summed E-state index contributed by atoms with van der Waals surface area (Å²) in [6.45, 7) is 0.